The Labute approximate surface area is 102 Å². The molecule has 1 heterocycles. The van der Waals surface area contributed by atoms with Crippen molar-refractivity contribution in [3.8, 4) is 0 Å². The second-order valence-electron chi connectivity index (χ2n) is 4.27. The van der Waals surface area contributed by atoms with Gasteiger partial charge in [0, 0.05) is 24.7 Å². The number of nitrogens with two attached hydrogens (primary N) is 1. The summed E-state index contributed by atoms with van der Waals surface area (Å²) in [5.41, 5.74) is 6.52. The van der Waals surface area contributed by atoms with Crippen molar-refractivity contribution in [1.29, 1.82) is 0 Å². The van der Waals surface area contributed by atoms with Crippen LogP contribution in [0, 0.1) is 5.92 Å². The van der Waals surface area contributed by atoms with Crippen LogP contribution in [0.1, 0.15) is 38.2 Å². The number of H-pyrrole nitrogens is 1. The van der Waals surface area contributed by atoms with Crippen molar-refractivity contribution in [2.75, 3.05) is 6.54 Å². The Bertz CT molecular complexity index is 310. The molecular formula is C12H22N4O. The number of nitrogens with one attached hydrogen (secondary N) is 2. The highest BCUT2D eigenvalue weighted by atomic mass is 16.1. The van der Waals surface area contributed by atoms with E-state index in [1.165, 1.54) is 0 Å². The Kier molecular flexibility index (Phi) is 6.32. The first-order valence-corrected chi connectivity index (χ1v) is 6.20. The number of hydrogen-bond acceptors (Lipinski definition) is 3. The molecule has 1 amide bonds. The first-order valence-electron chi connectivity index (χ1n) is 6.20. The Morgan fingerprint density at radius 3 is 3.00 bits per heavy atom. The van der Waals surface area contributed by atoms with Gasteiger partial charge in [-0.2, -0.15) is 5.10 Å². The van der Waals surface area contributed by atoms with Crippen molar-refractivity contribution >= 4 is 5.91 Å². The number of hydrogen-bond donors (Lipinski definition) is 3. The molecule has 0 aliphatic rings. The molecule has 96 valence electrons. The summed E-state index contributed by atoms with van der Waals surface area (Å²) >= 11 is 0. The van der Waals surface area contributed by atoms with Crippen LogP contribution in [0.25, 0.3) is 0 Å². The van der Waals surface area contributed by atoms with E-state index in [1.54, 1.807) is 12.4 Å². The van der Waals surface area contributed by atoms with Crippen LogP contribution in [-0.2, 0) is 11.3 Å². The molecule has 0 bridgehead atoms. The molecule has 1 unspecified atom stereocenters. The van der Waals surface area contributed by atoms with Gasteiger partial charge in [-0.25, -0.2) is 0 Å². The summed E-state index contributed by atoms with van der Waals surface area (Å²) in [6.07, 6.45) is 7.09. The lowest BCUT2D eigenvalue weighted by Crippen LogP contribution is -2.23. The molecule has 5 nitrogen and oxygen atoms in total. The summed E-state index contributed by atoms with van der Waals surface area (Å²) in [6.45, 7) is 3.39. The Morgan fingerprint density at radius 1 is 1.59 bits per heavy atom. The number of carbonyl (C=O) groups excluding carboxylic acids is 1. The van der Waals surface area contributed by atoms with Crippen molar-refractivity contribution in [3.05, 3.63) is 18.0 Å². The van der Waals surface area contributed by atoms with Gasteiger partial charge in [-0.15, -0.1) is 0 Å². The minimum atomic E-state index is 0.0988. The van der Waals surface area contributed by atoms with Crippen molar-refractivity contribution in [2.45, 2.75) is 39.2 Å². The fourth-order valence-corrected chi connectivity index (χ4v) is 1.79. The van der Waals surface area contributed by atoms with Crippen molar-refractivity contribution in [3.63, 3.8) is 0 Å². The molecule has 1 rings (SSSR count). The maximum Gasteiger partial charge on any atom is 0.220 e. The van der Waals surface area contributed by atoms with Crippen LogP contribution >= 0.6 is 0 Å². The molecule has 0 aromatic carbocycles. The molecule has 0 aliphatic heterocycles. The summed E-state index contributed by atoms with van der Waals surface area (Å²) in [5, 5.41) is 9.41. The van der Waals surface area contributed by atoms with Crippen molar-refractivity contribution in [2.24, 2.45) is 11.7 Å². The maximum atomic E-state index is 11.6. The quantitative estimate of drug-likeness (QED) is 0.636. The van der Waals surface area contributed by atoms with Gasteiger partial charge in [-0.3, -0.25) is 9.89 Å². The van der Waals surface area contributed by atoms with E-state index in [0.29, 0.717) is 25.4 Å². The van der Waals surface area contributed by atoms with Gasteiger partial charge in [0.2, 0.25) is 5.91 Å². The second kappa shape index (κ2) is 7.84. The fourth-order valence-electron chi connectivity index (χ4n) is 1.79. The zero-order valence-corrected chi connectivity index (χ0v) is 10.4. The van der Waals surface area contributed by atoms with Gasteiger partial charge in [0.05, 0.1) is 6.20 Å². The van der Waals surface area contributed by atoms with Gasteiger partial charge < -0.3 is 11.1 Å². The van der Waals surface area contributed by atoms with Gasteiger partial charge >= 0.3 is 0 Å². The van der Waals surface area contributed by atoms with Gasteiger partial charge in [-0.05, 0) is 25.3 Å². The molecule has 0 fully saturated rings. The fraction of sp³-hybridized carbons (Fsp3) is 0.667. The predicted molar refractivity (Wildman–Crippen MR) is 67.1 cm³/mol. The van der Waals surface area contributed by atoms with Gasteiger partial charge in [0.15, 0.2) is 0 Å². The number of rotatable bonds is 8. The van der Waals surface area contributed by atoms with Crippen LogP contribution in [0.15, 0.2) is 12.4 Å². The molecule has 0 radical (unpaired) electrons. The first kappa shape index (κ1) is 13.7. The highest BCUT2D eigenvalue weighted by Crippen LogP contribution is 2.14. The van der Waals surface area contributed by atoms with E-state index in [1.807, 2.05) is 0 Å². The molecule has 0 aliphatic carbocycles. The summed E-state index contributed by atoms with van der Waals surface area (Å²) in [5.74, 6) is 0.668. The highest BCUT2D eigenvalue weighted by Gasteiger charge is 2.08. The van der Waals surface area contributed by atoms with E-state index >= 15 is 0 Å². The van der Waals surface area contributed by atoms with Crippen molar-refractivity contribution < 1.29 is 4.79 Å². The van der Waals surface area contributed by atoms with Crippen LogP contribution in [-0.4, -0.2) is 22.6 Å². The third-order valence-corrected chi connectivity index (χ3v) is 2.98. The molecule has 5 heteroatoms. The third kappa shape index (κ3) is 5.49. The number of amides is 1. The largest absolute Gasteiger partial charge is 0.352 e. The molecule has 4 N–H and O–H groups in total. The van der Waals surface area contributed by atoms with Crippen LogP contribution in [0.3, 0.4) is 0 Å². The Hall–Kier alpha value is -1.36. The Balaban J connectivity index is 2.16. The minimum absolute atomic E-state index is 0.0988. The molecule has 1 atom stereocenters. The normalized spacial score (nSPS) is 12.4. The van der Waals surface area contributed by atoms with Gasteiger partial charge in [-0.1, -0.05) is 13.3 Å². The smallest absolute Gasteiger partial charge is 0.220 e. The van der Waals surface area contributed by atoms with E-state index < -0.39 is 0 Å². The predicted octanol–water partition coefficient (Wildman–Crippen LogP) is 1.18. The summed E-state index contributed by atoms with van der Waals surface area (Å²) in [7, 11) is 0. The summed E-state index contributed by atoms with van der Waals surface area (Å²) in [6, 6.07) is 0. The second-order valence-corrected chi connectivity index (χ2v) is 4.27. The van der Waals surface area contributed by atoms with Crippen molar-refractivity contribution in [1.82, 2.24) is 15.5 Å². The average molecular weight is 238 g/mol. The molecule has 17 heavy (non-hydrogen) atoms. The third-order valence-electron chi connectivity index (χ3n) is 2.98. The molecule has 1 aromatic heterocycles. The SMILES string of the molecule is CCC(CCN)CCC(=O)NCc1cn[nH]c1. The zero-order chi connectivity index (χ0) is 12.5. The van der Waals surface area contributed by atoms with Crippen LogP contribution < -0.4 is 11.1 Å². The van der Waals surface area contributed by atoms with E-state index in [9.17, 15) is 4.79 Å². The topological polar surface area (TPSA) is 83.8 Å². The first-order chi connectivity index (χ1) is 8.26. The number of aromatic amines is 1. The molecule has 0 saturated carbocycles. The van der Waals surface area contributed by atoms with E-state index in [4.69, 9.17) is 5.73 Å². The standard InChI is InChI=1S/C12H22N4O/c1-2-10(5-6-13)3-4-12(17)14-7-11-8-15-16-9-11/h8-10H,2-7,13H2,1H3,(H,14,17)(H,15,16). The maximum absolute atomic E-state index is 11.6. The highest BCUT2D eigenvalue weighted by molar-refractivity contribution is 5.75. The van der Waals surface area contributed by atoms with Crippen LogP contribution in [0.4, 0.5) is 0 Å². The van der Waals surface area contributed by atoms with E-state index in [-0.39, 0.29) is 5.91 Å². The van der Waals surface area contributed by atoms with E-state index in [0.717, 1.165) is 24.8 Å². The van der Waals surface area contributed by atoms with Gasteiger partial charge in [0.25, 0.3) is 0 Å². The summed E-state index contributed by atoms with van der Waals surface area (Å²) in [4.78, 5) is 11.6. The van der Waals surface area contributed by atoms with E-state index in [2.05, 4.69) is 22.4 Å². The monoisotopic (exact) mass is 238 g/mol. The lowest BCUT2D eigenvalue weighted by atomic mass is 9.96. The zero-order valence-electron chi connectivity index (χ0n) is 10.4. The average Bonchev–Trinajstić information content (AvgIpc) is 2.85. The molecule has 0 spiro atoms. The summed E-state index contributed by atoms with van der Waals surface area (Å²) < 4.78 is 0. The molecule has 1 aromatic rings. The molecule has 0 saturated heterocycles. The van der Waals surface area contributed by atoms with Crippen LogP contribution in [0.2, 0.25) is 0 Å². The number of nitrogens with zero attached hydrogens (tertiary/aromatic N) is 1. The van der Waals surface area contributed by atoms with Gasteiger partial charge in [0.1, 0.15) is 0 Å². The molecular weight excluding hydrogens is 216 g/mol. The number of carbonyl (C=O) groups is 1. The Morgan fingerprint density at radius 2 is 2.41 bits per heavy atom. The minimum Gasteiger partial charge on any atom is -0.352 e. The lowest BCUT2D eigenvalue weighted by molar-refractivity contribution is -0.121. The van der Waals surface area contributed by atoms with Crippen LogP contribution in [0.5, 0.6) is 0 Å². The lowest BCUT2D eigenvalue weighted by Gasteiger charge is -2.12. The number of aromatic nitrogens is 2.